The molecular weight excluding hydrogens is 304 g/mol. The molecule has 0 radical (unpaired) electrons. The summed E-state index contributed by atoms with van der Waals surface area (Å²) in [6.45, 7) is 1.65. The Morgan fingerprint density at radius 3 is 2.75 bits per heavy atom. The van der Waals surface area contributed by atoms with E-state index in [4.69, 9.17) is 9.47 Å². The second-order valence-electron chi connectivity index (χ2n) is 6.32. The lowest BCUT2D eigenvalue weighted by molar-refractivity contribution is -0.134. The minimum Gasteiger partial charge on any atom is -0.493 e. The largest absolute Gasteiger partial charge is 0.493 e. The summed E-state index contributed by atoms with van der Waals surface area (Å²) < 4.78 is 10.7. The number of aryl methyl sites for hydroxylation is 1. The number of nitrogens with zero attached hydrogens (tertiary/aromatic N) is 1. The van der Waals surface area contributed by atoms with Crippen LogP contribution in [0.15, 0.2) is 18.2 Å². The summed E-state index contributed by atoms with van der Waals surface area (Å²) in [4.78, 5) is 14.5. The molecule has 0 bridgehead atoms. The number of ether oxygens (including phenoxy) is 2. The van der Waals surface area contributed by atoms with E-state index in [1.807, 2.05) is 19.2 Å². The van der Waals surface area contributed by atoms with Crippen LogP contribution in [0.4, 0.5) is 0 Å². The summed E-state index contributed by atoms with van der Waals surface area (Å²) >= 11 is 0. The first-order valence-corrected chi connectivity index (χ1v) is 8.84. The van der Waals surface area contributed by atoms with Crippen LogP contribution in [0.1, 0.15) is 37.7 Å². The van der Waals surface area contributed by atoms with Crippen molar-refractivity contribution < 1.29 is 14.3 Å². The minimum absolute atomic E-state index is 0.279. The van der Waals surface area contributed by atoms with Crippen LogP contribution in [0.5, 0.6) is 11.5 Å². The van der Waals surface area contributed by atoms with Gasteiger partial charge in [0.1, 0.15) is 0 Å². The van der Waals surface area contributed by atoms with Crippen LogP contribution in [0, 0.1) is 0 Å². The molecule has 1 aromatic carbocycles. The molecule has 1 fully saturated rings. The average Bonchev–Trinajstić information content (AvgIpc) is 2.64. The molecule has 1 unspecified atom stereocenters. The van der Waals surface area contributed by atoms with E-state index in [1.165, 1.54) is 12.0 Å². The van der Waals surface area contributed by atoms with Crippen molar-refractivity contribution in [1.29, 1.82) is 0 Å². The monoisotopic (exact) mass is 334 g/mol. The van der Waals surface area contributed by atoms with Gasteiger partial charge < -0.3 is 19.7 Å². The molecule has 1 heterocycles. The zero-order valence-electron chi connectivity index (χ0n) is 15.1. The lowest BCUT2D eigenvalue weighted by atomic mass is 9.95. The van der Waals surface area contributed by atoms with Gasteiger partial charge in [-0.15, -0.1) is 0 Å². The van der Waals surface area contributed by atoms with Crippen LogP contribution in [0.3, 0.4) is 0 Å². The Morgan fingerprint density at radius 1 is 1.25 bits per heavy atom. The Balaban J connectivity index is 1.96. The summed E-state index contributed by atoms with van der Waals surface area (Å²) in [5.74, 6) is 1.80. The molecule has 1 aliphatic rings. The predicted octanol–water partition coefficient (Wildman–Crippen LogP) is 2.63. The standard InChI is InChI=1S/C19H30N2O3/c1-20-12-11-19(22)21-13-5-4-6-16(21)9-7-15-8-10-17(23-2)18(14-15)24-3/h8,10,14,16,20H,4-7,9,11-13H2,1-3H3. The van der Waals surface area contributed by atoms with E-state index in [0.29, 0.717) is 12.5 Å². The first kappa shape index (κ1) is 18.6. The molecule has 0 saturated carbocycles. The van der Waals surface area contributed by atoms with E-state index < -0.39 is 0 Å². The highest BCUT2D eigenvalue weighted by molar-refractivity contribution is 5.76. The van der Waals surface area contributed by atoms with Crippen molar-refractivity contribution in [2.45, 2.75) is 44.6 Å². The lowest BCUT2D eigenvalue weighted by Crippen LogP contribution is -2.44. The third-order valence-corrected chi connectivity index (χ3v) is 4.75. The fraction of sp³-hybridized carbons (Fsp3) is 0.632. The Bertz CT molecular complexity index is 533. The Morgan fingerprint density at radius 2 is 2.04 bits per heavy atom. The second-order valence-corrected chi connectivity index (χ2v) is 6.32. The van der Waals surface area contributed by atoms with E-state index >= 15 is 0 Å². The number of likely N-dealkylation sites (tertiary alicyclic amines) is 1. The second kappa shape index (κ2) is 9.52. The third kappa shape index (κ3) is 4.87. The van der Waals surface area contributed by atoms with Crippen molar-refractivity contribution in [1.82, 2.24) is 10.2 Å². The van der Waals surface area contributed by atoms with Crippen molar-refractivity contribution in [2.24, 2.45) is 0 Å². The van der Waals surface area contributed by atoms with Gasteiger partial charge in [0.2, 0.25) is 5.91 Å². The first-order chi connectivity index (χ1) is 11.7. The molecule has 5 nitrogen and oxygen atoms in total. The molecule has 134 valence electrons. The number of nitrogens with one attached hydrogen (secondary N) is 1. The number of piperidine rings is 1. The first-order valence-electron chi connectivity index (χ1n) is 8.84. The van der Waals surface area contributed by atoms with Crippen molar-refractivity contribution in [3.05, 3.63) is 23.8 Å². The molecule has 5 heteroatoms. The quantitative estimate of drug-likeness (QED) is 0.794. The highest BCUT2D eigenvalue weighted by Gasteiger charge is 2.25. The molecule has 1 amide bonds. The molecule has 24 heavy (non-hydrogen) atoms. The fourth-order valence-corrected chi connectivity index (χ4v) is 3.37. The average molecular weight is 334 g/mol. The molecule has 1 N–H and O–H groups in total. The molecule has 2 rings (SSSR count). The van der Waals surface area contributed by atoms with Gasteiger partial charge in [0.05, 0.1) is 14.2 Å². The summed E-state index contributed by atoms with van der Waals surface area (Å²) in [6.07, 6.45) is 5.98. The highest BCUT2D eigenvalue weighted by atomic mass is 16.5. The summed E-state index contributed by atoms with van der Waals surface area (Å²) in [6, 6.07) is 6.42. The number of hydrogen-bond acceptors (Lipinski definition) is 4. The van der Waals surface area contributed by atoms with Crippen molar-refractivity contribution in [3.63, 3.8) is 0 Å². The van der Waals surface area contributed by atoms with Gasteiger partial charge in [-0.1, -0.05) is 6.07 Å². The van der Waals surface area contributed by atoms with Gasteiger partial charge in [-0.25, -0.2) is 0 Å². The Kier molecular flexibility index (Phi) is 7.37. The van der Waals surface area contributed by atoms with E-state index in [2.05, 4.69) is 16.3 Å². The molecular formula is C19H30N2O3. The van der Waals surface area contributed by atoms with Gasteiger partial charge in [-0.05, 0) is 56.8 Å². The predicted molar refractivity (Wildman–Crippen MR) is 95.8 cm³/mol. The van der Waals surface area contributed by atoms with Gasteiger partial charge in [0.15, 0.2) is 11.5 Å². The zero-order chi connectivity index (χ0) is 17.4. The third-order valence-electron chi connectivity index (χ3n) is 4.75. The minimum atomic E-state index is 0.279. The van der Waals surface area contributed by atoms with Gasteiger partial charge in [0.25, 0.3) is 0 Å². The maximum absolute atomic E-state index is 12.4. The van der Waals surface area contributed by atoms with E-state index in [0.717, 1.165) is 50.3 Å². The maximum Gasteiger partial charge on any atom is 0.224 e. The highest BCUT2D eigenvalue weighted by Crippen LogP contribution is 2.29. The SMILES string of the molecule is CNCCC(=O)N1CCCCC1CCc1ccc(OC)c(OC)c1. The van der Waals surface area contributed by atoms with Crippen LogP contribution in [-0.4, -0.2) is 51.2 Å². The van der Waals surface area contributed by atoms with Crippen LogP contribution < -0.4 is 14.8 Å². The van der Waals surface area contributed by atoms with Gasteiger partial charge >= 0.3 is 0 Å². The molecule has 1 aromatic rings. The summed E-state index contributed by atoms with van der Waals surface area (Å²) in [5.41, 5.74) is 1.22. The number of methoxy groups -OCH3 is 2. The molecule has 0 spiro atoms. The summed E-state index contributed by atoms with van der Waals surface area (Å²) in [5, 5.41) is 3.06. The Labute approximate surface area is 145 Å². The number of amides is 1. The Hall–Kier alpha value is -1.75. The smallest absolute Gasteiger partial charge is 0.224 e. The van der Waals surface area contributed by atoms with E-state index in [9.17, 15) is 4.79 Å². The van der Waals surface area contributed by atoms with Gasteiger partial charge in [0, 0.05) is 25.6 Å². The molecule has 1 saturated heterocycles. The van der Waals surface area contributed by atoms with E-state index in [-0.39, 0.29) is 5.91 Å². The van der Waals surface area contributed by atoms with Crippen LogP contribution >= 0.6 is 0 Å². The number of rotatable bonds is 8. The molecule has 0 aliphatic carbocycles. The van der Waals surface area contributed by atoms with Crippen molar-refractivity contribution in [3.8, 4) is 11.5 Å². The fourth-order valence-electron chi connectivity index (χ4n) is 3.37. The number of hydrogen-bond donors (Lipinski definition) is 1. The zero-order valence-corrected chi connectivity index (χ0v) is 15.1. The van der Waals surface area contributed by atoms with Crippen LogP contribution in [0.25, 0.3) is 0 Å². The van der Waals surface area contributed by atoms with Crippen molar-refractivity contribution in [2.75, 3.05) is 34.4 Å². The van der Waals surface area contributed by atoms with Gasteiger partial charge in [-0.2, -0.15) is 0 Å². The van der Waals surface area contributed by atoms with Crippen LogP contribution in [0.2, 0.25) is 0 Å². The lowest BCUT2D eigenvalue weighted by Gasteiger charge is -2.36. The topological polar surface area (TPSA) is 50.8 Å². The maximum atomic E-state index is 12.4. The molecule has 1 aliphatic heterocycles. The van der Waals surface area contributed by atoms with Crippen molar-refractivity contribution >= 4 is 5.91 Å². The molecule has 0 aromatic heterocycles. The normalized spacial score (nSPS) is 17.6. The van der Waals surface area contributed by atoms with Crippen LogP contribution in [-0.2, 0) is 11.2 Å². The van der Waals surface area contributed by atoms with Gasteiger partial charge in [-0.3, -0.25) is 4.79 Å². The number of carbonyl (C=O) groups is 1. The summed E-state index contributed by atoms with van der Waals surface area (Å²) in [7, 11) is 5.19. The van der Waals surface area contributed by atoms with E-state index in [1.54, 1.807) is 14.2 Å². The number of carbonyl (C=O) groups excluding carboxylic acids is 1. The number of benzene rings is 1. The molecule has 1 atom stereocenters.